The second-order valence-corrected chi connectivity index (χ2v) is 8.97. The van der Waals surface area contributed by atoms with Crippen LogP contribution in [-0.4, -0.2) is 50.8 Å². The molecule has 0 unspecified atom stereocenters. The van der Waals surface area contributed by atoms with Crippen LogP contribution < -0.4 is 4.74 Å². The summed E-state index contributed by atoms with van der Waals surface area (Å²) in [6, 6.07) is 12.7. The lowest BCUT2D eigenvalue weighted by molar-refractivity contribution is 0.0449. The molecule has 0 spiro atoms. The number of piperidine rings is 1. The predicted molar refractivity (Wildman–Crippen MR) is 111 cm³/mol. The number of carbonyl (C=O) groups is 2. The van der Waals surface area contributed by atoms with Crippen molar-refractivity contribution < 1.29 is 27.5 Å². The molecule has 30 heavy (non-hydrogen) atoms. The van der Waals surface area contributed by atoms with E-state index in [-0.39, 0.29) is 29.5 Å². The molecule has 0 saturated carbocycles. The fourth-order valence-corrected chi connectivity index (χ4v) is 4.85. The molecule has 1 aliphatic heterocycles. The second-order valence-electron chi connectivity index (χ2n) is 7.03. The number of hydrogen-bond acceptors (Lipinski definition) is 6. The predicted octanol–water partition coefficient (Wildman–Crippen LogP) is 3.30. The monoisotopic (exact) mass is 431 g/mol. The number of benzene rings is 2. The van der Waals surface area contributed by atoms with Gasteiger partial charge in [-0.05, 0) is 50.1 Å². The van der Waals surface area contributed by atoms with Crippen LogP contribution in [0.4, 0.5) is 0 Å². The number of para-hydroxylation sites is 1. The van der Waals surface area contributed by atoms with Crippen LogP contribution in [0.1, 0.15) is 46.9 Å². The van der Waals surface area contributed by atoms with Crippen LogP contribution in [0.2, 0.25) is 0 Å². The van der Waals surface area contributed by atoms with Gasteiger partial charge in [-0.25, -0.2) is 13.2 Å². The molecule has 3 rings (SSSR count). The quantitative estimate of drug-likeness (QED) is 0.362. The topological polar surface area (TPSA) is 90.0 Å². The van der Waals surface area contributed by atoms with E-state index in [0.717, 1.165) is 19.3 Å². The number of ether oxygens (including phenoxy) is 2. The Labute approximate surface area is 176 Å². The molecule has 1 fully saturated rings. The Balaban J connectivity index is 1.59. The van der Waals surface area contributed by atoms with Gasteiger partial charge in [0.05, 0.1) is 16.0 Å². The molecule has 0 bridgehead atoms. The average Bonchev–Trinajstić information content (AvgIpc) is 2.77. The lowest BCUT2D eigenvalue weighted by Gasteiger charge is -2.25. The number of ketones is 1. The Hall–Kier alpha value is -2.71. The van der Waals surface area contributed by atoms with Crippen molar-refractivity contribution in [3.63, 3.8) is 0 Å². The molecule has 1 heterocycles. The molecule has 2 aromatic carbocycles. The molecule has 0 atom stereocenters. The van der Waals surface area contributed by atoms with Crippen molar-refractivity contribution in [1.29, 1.82) is 0 Å². The lowest BCUT2D eigenvalue weighted by Crippen LogP contribution is -2.35. The smallest absolute Gasteiger partial charge is 0.338 e. The Morgan fingerprint density at radius 1 is 0.967 bits per heavy atom. The SMILES string of the molecule is CC(=O)c1ccccc1OCCOC(=O)c1cccc(S(=O)(=O)N2CCCCC2)c1. The van der Waals surface area contributed by atoms with Crippen LogP contribution in [0.3, 0.4) is 0 Å². The summed E-state index contributed by atoms with van der Waals surface area (Å²) >= 11 is 0. The van der Waals surface area contributed by atoms with Gasteiger partial charge in [-0.2, -0.15) is 4.31 Å². The molecule has 7 nitrogen and oxygen atoms in total. The zero-order chi connectivity index (χ0) is 21.6. The lowest BCUT2D eigenvalue weighted by atomic mass is 10.1. The van der Waals surface area contributed by atoms with E-state index in [0.29, 0.717) is 24.4 Å². The van der Waals surface area contributed by atoms with E-state index in [1.807, 2.05) is 0 Å². The highest BCUT2D eigenvalue weighted by Gasteiger charge is 2.26. The maximum absolute atomic E-state index is 12.8. The highest BCUT2D eigenvalue weighted by Crippen LogP contribution is 2.22. The minimum atomic E-state index is -3.62. The number of rotatable bonds is 8. The van der Waals surface area contributed by atoms with Gasteiger partial charge in [0.15, 0.2) is 5.78 Å². The highest BCUT2D eigenvalue weighted by atomic mass is 32.2. The largest absolute Gasteiger partial charge is 0.489 e. The van der Waals surface area contributed by atoms with E-state index < -0.39 is 16.0 Å². The van der Waals surface area contributed by atoms with Gasteiger partial charge in [0.2, 0.25) is 10.0 Å². The number of nitrogens with zero attached hydrogens (tertiary/aromatic N) is 1. The maximum atomic E-state index is 12.8. The van der Waals surface area contributed by atoms with Crippen LogP contribution >= 0.6 is 0 Å². The van der Waals surface area contributed by atoms with Gasteiger partial charge in [0, 0.05) is 13.1 Å². The summed E-state index contributed by atoms with van der Waals surface area (Å²) in [7, 11) is -3.62. The highest BCUT2D eigenvalue weighted by molar-refractivity contribution is 7.89. The van der Waals surface area contributed by atoms with Gasteiger partial charge in [0.25, 0.3) is 0 Å². The summed E-state index contributed by atoms with van der Waals surface area (Å²) in [6.45, 7) is 2.48. The van der Waals surface area contributed by atoms with E-state index in [1.165, 1.54) is 35.5 Å². The van der Waals surface area contributed by atoms with Crippen LogP contribution in [0.15, 0.2) is 53.4 Å². The average molecular weight is 432 g/mol. The Morgan fingerprint density at radius 2 is 1.70 bits per heavy atom. The zero-order valence-electron chi connectivity index (χ0n) is 16.9. The van der Waals surface area contributed by atoms with Gasteiger partial charge in [0.1, 0.15) is 19.0 Å². The number of sulfonamides is 1. The number of hydrogen-bond donors (Lipinski definition) is 0. The van der Waals surface area contributed by atoms with Crippen LogP contribution in [0.25, 0.3) is 0 Å². The van der Waals surface area contributed by atoms with Crippen LogP contribution in [0.5, 0.6) is 5.75 Å². The summed E-state index contributed by atoms with van der Waals surface area (Å²) in [5.74, 6) is -0.320. The van der Waals surface area contributed by atoms with Crippen molar-refractivity contribution in [2.75, 3.05) is 26.3 Å². The first-order valence-corrected chi connectivity index (χ1v) is 11.3. The molecular formula is C22H25NO6S. The summed E-state index contributed by atoms with van der Waals surface area (Å²) in [5, 5.41) is 0. The van der Waals surface area contributed by atoms with Gasteiger partial charge >= 0.3 is 5.97 Å². The summed E-state index contributed by atoms with van der Waals surface area (Å²) in [5.41, 5.74) is 0.622. The van der Waals surface area contributed by atoms with E-state index in [4.69, 9.17) is 9.47 Å². The Morgan fingerprint density at radius 3 is 2.43 bits per heavy atom. The third-order valence-electron chi connectivity index (χ3n) is 4.86. The third-order valence-corrected chi connectivity index (χ3v) is 6.76. The number of esters is 1. The van der Waals surface area contributed by atoms with Crippen molar-refractivity contribution in [3.05, 3.63) is 59.7 Å². The first-order valence-electron chi connectivity index (χ1n) is 9.90. The van der Waals surface area contributed by atoms with Crippen molar-refractivity contribution in [1.82, 2.24) is 4.31 Å². The minimum absolute atomic E-state index is 0.0336. The molecule has 0 N–H and O–H groups in total. The fraction of sp³-hybridized carbons (Fsp3) is 0.364. The zero-order valence-corrected chi connectivity index (χ0v) is 17.7. The van der Waals surface area contributed by atoms with Gasteiger partial charge < -0.3 is 9.47 Å². The van der Waals surface area contributed by atoms with Gasteiger partial charge in [-0.15, -0.1) is 0 Å². The molecule has 1 aliphatic rings. The molecule has 0 aromatic heterocycles. The number of Topliss-reactive ketones (excluding diaryl/α,β-unsaturated/α-hetero) is 1. The standard InChI is InChI=1S/C22H25NO6S/c1-17(24)20-10-3-4-11-21(20)28-14-15-29-22(25)18-8-7-9-19(16-18)30(26,27)23-12-5-2-6-13-23/h3-4,7-11,16H,2,5-6,12-15H2,1H3. The molecule has 0 radical (unpaired) electrons. The van der Waals surface area contributed by atoms with E-state index in [2.05, 4.69) is 0 Å². The Kier molecular flexibility index (Phi) is 7.23. The first-order chi connectivity index (χ1) is 14.4. The van der Waals surface area contributed by atoms with Crippen molar-refractivity contribution >= 4 is 21.8 Å². The summed E-state index contributed by atoms with van der Waals surface area (Å²) in [6.07, 6.45) is 2.71. The second kappa shape index (κ2) is 9.86. The van der Waals surface area contributed by atoms with Crippen LogP contribution in [-0.2, 0) is 14.8 Å². The molecule has 8 heteroatoms. The molecule has 0 amide bonds. The van der Waals surface area contributed by atoms with Crippen LogP contribution in [0, 0.1) is 0 Å². The first kappa shape index (κ1) is 22.0. The fourth-order valence-electron chi connectivity index (χ4n) is 3.29. The van der Waals surface area contributed by atoms with Crippen molar-refractivity contribution in [3.8, 4) is 5.75 Å². The third kappa shape index (κ3) is 5.25. The molecule has 1 saturated heterocycles. The van der Waals surface area contributed by atoms with Crippen molar-refractivity contribution in [2.24, 2.45) is 0 Å². The molecular weight excluding hydrogens is 406 g/mol. The molecule has 2 aromatic rings. The minimum Gasteiger partial charge on any atom is -0.489 e. The van der Waals surface area contributed by atoms with E-state index in [1.54, 1.807) is 24.3 Å². The van der Waals surface area contributed by atoms with Crippen molar-refractivity contribution in [2.45, 2.75) is 31.1 Å². The molecule has 0 aliphatic carbocycles. The van der Waals surface area contributed by atoms with Gasteiger partial charge in [-0.3, -0.25) is 4.79 Å². The Bertz CT molecular complexity index is 1010. The molecule has 160 valence electrons. The summed E-state index contributed by atoms with van der Waals surface area (Å²) < 4.78 is 37.8. The van der Waals surface area contributed by atoms with E-state index in [9.17, 15) is 18.0 Å². The van der Waals surface area contributed by atoms with E-state index >= 15 is 0 Å². The maximum Gasteiger partial charge on any atom is 0.338 e. The number of carbonyl (C=O) groups excluding carboxylic acids is 2. The normalized spacial score (nSPS) is 14.8. The summed E-state index contributed by atoms with van der Waals surface area (Å²) in [4.78, 5) is 24.0. The van der Waals surface area contributed by atoms with Gasteiger partial charge in [-0.1, -0.05) is 24.6 Å².